The summed E-state index contributed by atoms with van der Waals surface area (Å²) in [6.07, 6.45) is 0. The van der Waals surface area contributed by atoms with E-state index in [0.717, 1.165) is 17.7 Å². The van der Waals surface area contributed by atoms with E-state index in [4.69, 9.17) is 5.11 Å². The Morgan fingerprint density at radius 1 is 0.723 bits per heavy atom. The fourth-order valence-electron chi connectivity index (χ4n) is 3.85. The van der Waals surface area contributed by atoms with Gasteiger partial charge >= 0.3 is 17.9 Å². The minimum absolute atomic E-state index is 0.0721. The van der Waals surface area contributed by atoms with Crippen molar-refractivity contribution in [1.29, 1.82) is 0 Å². The highest BCUT2D eigenvalue weighted by atomic mass is 79.9. The van der Waals surface area contributed by atoms with Crippen molar-refractivity contribution in [2.45, 2.75) is 13.1 Å². The number of carbonyl (C=O) groups excluding carboxylic acids is 3. The van der Waals surface area contributed by atoms with E-state index in [1.165, 1.54) is 61.6 Å². The van der Waals surface area contributed by atoms with E-state index in [2.05, 4.69) is 46.7 Å². The third-order valence-electron chi connectivity index (χ3n) is 6.18. The van der Waals surface area contributed by atoms with Gasteiger partial charge in [-0.2, -0.15) is 0 Å². The molecule has 9 nitrogen and oxygen atoms in total. The van der Waals surface area contributed by atoms with Gasteiger partial charge in [0.1, 0.15) is 11.6 Å². The van der Waals surface area contributed by atoms with Crippen molar-refractivity contribution in [2.75, 3.05) is 28.3 Å². The Balaban J connectivity index is 0.000000270. The van der Waals surface area contributed by atoms with Gasteiger partial charge in [0.2, 0.25) is 0 Å². The first-order valence-electron chi connectivity index (χ1n) is 13.7. The van der Waals surface area contributed by atoms with Gasteiger partial charge in [0.25, 0.3) is 5.91 Å². The molecule has 0 saturated heterocycles. The third-order valence-corrected chi connectivity index (χ3v) is 7.39. The standard InChI is InChI=1S/C17H15BrFNO3.C9H8O4.C8H9BrFN/c1-20(10-11-6-7-15(19)14(18)8-11)16(21)12-4-3-5-13(9-12)17(22)23-2;1-13-9(12)7-4-2-3-6(5-7)8(10)11;1-11-5-6-2-3-8(10)7(9)4-6/h3-9H,10H2,1-2H3;2-5H,1H3,(H,10,11);2-4,11H,5H2,1H3. The molecule has 4 rings (SSSR count). The largest absolute Gasteiger partial charge is 0.478 e. The number of rotatable bonds is 8. The molecule has 13 heteroatoms. The molecule has 47 heavy (non-hydrogen) atoms. The molecule has 0 atom stereocenters. The number of carbonyl (C=O) groups is 4. The zero-order chi connectivity index (χ0) is 35.1. The van der Waals surface area contributed by atoms with E-state index < -0.39 is 17.9 Å². The first kappa shape index (κ1) is 38.7. The highest BCUT2D eigenvalue weighted by molar-refractivity contribution is 9.10. The molecular formula is C34H32Br2F2N2O7. The number of methoxy groups -OCH3 is 2. The summed E-state index contributed by atoms with van der Waals surface area (Å²) >= 11 is 6.23. The first-order valence-corrected chi connectivity index (χ1v) is 15.3. The number of ether oxygens (including phenoxy) is 2. The number of hydrogen-bond donors (Lipinski definition) is 2. The fraction of sp³-hybridized carbons (Fsp3) is 0.176. The molecule has 0 aliphatic heterocycles. The van der Waals surface area contributed by atoms with Crippen LogP contribution < -0.4 is 5.32 Å². The Hall–Kier alpha value is -4.46. The maximum Gasteiger partial charge on any atom is 0.337 e. The van der Waals surface area contributed by atoms with Gasteiger partial charge in [0.05, 0.1) is 39.9 Å². The van der Waals surface area contributed by atoms with Gasteiger partial charge in [0, 0.05) is 25.7 Å². The molecule has 0 fully saturated rings. The van der Waals surface area contributed by atoms with Crippen LogP contribution >= 0.6 is 31.9 Å². The smallest absolute Gasteiger partial charge is 0.337 e. The van der Waals surface area contributed by atoms with Crippen LogP contribution in [-0.2, 0) is 22.6 Å². The molecule has 0 aromatic heterocycles. The minimum Gasteiger partial charge on any atom is -0.478 e. The van der Waals surface area contributed by atoms with Crippen molar-refractivity contribution in [3.8, 4) is 0 Å². The van der Waals surface area contributed by atoms with Crippen LogP contribution in [-0.4, -0.2) is 62.1 Å². The van der Waals surface area contributed by atoms with Crippen molar-refractivity contribution < 1.29 is 42.5 Å². The number of halogens is 4. The molecule has 0 bridgehead atoms. The number of carboxylic acids is 1. The summed E-state index contributed by atoms with van der Waals surface area (Å²) in [5, 5.41) is 11.6. The van der Waals surface area contributed by atoms with E-state index in [0.29, 0.717) is 26.6 Å². The minimum atomic E-state index is -1.06. The Morgan fingerprint density at radius 3 is 1.64 bits per heavy atom. The Labute approximate surface area is 287 Å². The number of hydrogen-bond acceptors (Lipinski definition) is 7. The van der Waals surface area contributed by atoms with Crippen LogP contribution in [0, 0.1) is 11.6 Å². The van der Waals surface area contributed by atoms with E-state index in [9.17, 15) is 28.0 Å². The summed E-state index contributed by atoms with van der Waals surface area (Å²) in [4.78, 5) is 47.0. The summed E-state index contributed by atoms with van der Waals surface area (Å²) in [6, 6.07) is 21.6. The summed E-state index contributed by atoms with van der Waals surface area (Å²) < 4.78 is 35.9. The lowest BCUT2D eigenvalue weighted by molar-refractivity contribution is 0.0591. The van der Waals surface area contributed by atoms with Crippen molar-refractivity contribution in [3.63, 3.8) is 0 Å². The molecule has 0 aliphatic rings. The molecule has 4 aromatic carbocycles. The maximum absolute atomic E-state index is 13.2. The molecule has 2 N–H and O–H groups in total. The van der Waals surface area contributed by atoms with E-state index >= 15 is 0 Å². The average molecular weight is 778 g/mol. The van der Waals surface area contributed by atoms with Crippen molar-refractivity contribution in [3.05, 3.63) is 139 Å². The lowest BCUT2D eigenvalue weighted by Gasteiger charge is -2.18. The monoisotopic (exact) mass is 776 g/mol. The van der Waals surface area contributed by atoms with E-state index in [1.807, 2.05) is 7.05 Å². The van der Waals surface area contributed by atoms with Gasteiger partial charge in [-0.15, -0.1) is 0 Å². The second-order valence-electron chi connectivity index (χ2n) is 9.64. The van der Waals surface area contributed by atoms with Crippen LogP contribution in [0.1, 0.15) is 52.6 Å². The number of aromatic carboxylic acids is 1. The predicted octanol–water partition coefficient (Wildman–Crippen LogP) is 7.13. The summed E-state index contributed by atoms with van der Waals surface area (Å²) in [6.45, 7) is 1.08. The molecule has 0 radical (unpaired) electrons. The van der Waals surface area contributed by atoms with Crippen LogP contribution in [0.25, 0.3) is 0 Å². The molecule has 0 unspecified atom stereocenters. The van der Waals surface area contributed by atoms with Crippen molar-refractivity contribution in [1.82, 2.24) is 10.2 Å². The van der Waals surface area contributed by atoms with Crippen LogP contribution in [0.4, 0.5) is 8.78 Å². The first-order chi connectivity index (χ1) is 22.3. The zero-order valence-electron chi connectivity index (χ0n) is 25.9. The summed E-state index contributed by atoms with van der Waals surface area (Å²) in [5.74, 6) is -2.91. The highest BCUT2D eigenvalue weighted by Gasteiger charge is 2.15. The number of nitrogens with zero attached hydrogens (tertiary/aromatic N) is 1. The molecule has 0 aliphatic carbocycles. The topological polar surface area (TPSA) is 122 Å². The van der Waals surface area contributed by atoms with Gasteiger partial charge in [-0.05, 0) is 111 Å². The van der Waals surface area contributed by atoms with Gasteiger partial charge in [-0.25, -0.2) is 23.2 Å². The van der Waals surface area contributed by atoms with Crippen LogP contribution in [0.5, 0.6) is 0 Å². The van der Waals surface area contributed by atoms with Gasteiger partial charge in [-0.3, -0.25) is 4.79 Å². The predicted molar refractivity (Wildman–Crippen MR) is 179 cm³/mol. The van der Waals surface area contributed by atoms with Crippen molar-refractivity contribution in [2.24, 2.45) is 0 Å². The van der Waals surface area contributed by atoms with Gasteiger partial charge in [-0.1, -0.05) is 24.3 Å². The molecule has 248 valence electrons. The fourth-order valence-corrected chi connectivity index (χ4v) is 4.70. The molecule has 4 aromatic rings. The molecule has 0 saturated carbocycles. The maximum atomic E-state index is 13.2. The summed E-state index contributed by atoms with van der Waals surface area (Å²) in [7, 11) is 6.03. The number of amides is 1. The molecule has 1 amide bonds. The number of benzene rings is 4. The lowest BCUT2D eigenvalue weighted by Crippen LogP contribution is -2.26. The number of nitrogens with one attached hydrogen (secondary N) is 1. The van der Waals surface area contributed by atoms with Gasteiger partial charge < -0.3 is 24.8 Å². The molecular weight excluding hydrogens is 746 g/mol. The lowest BCUT2D eigenvalue weighted by atomic mass is 10.1. The van der Waals surface area contributed by atoms with Crippen LogP contribution in [0.3, 0.4) is 0 Å². The van der Waals surface area contributed by atoms with E-state index in [1.54, 1.807) is 49.5 Å². The third kappa shape index (κ3) is 12.3. The van der Waals surface area contributed by atoms with Crippen LogP contribution in [0.2, 0.25) is 0 Å². The van der Waals surface area contributed by atoms with E-state index in [-0.39, 0.29) is 28.7 Å². The van der Waals surface area contributed by atoms with Gasteiger partial charge in [0.15, 0.2) is 0 Å². The zero-order valence-corrected chi connectivity index (χ0v) is 29.0. The second-order valence-corrected chi connectivity index (χ2v) is 11.3. The molecule has 0 spiro atoms. The Kier molecular flexibility index (Phi) is 15.9. The average Bonchev–Trinajstić information content (AvgIpc) is 3.07. The Bertz CT molecular complexity index is 1720. The highest BCUT2D eigenvalue weighted by Crippen LogP contribution is 2.19. The van der Waals surface area contributed by atoms with Crippen molar-refractivity contribution >= 4 is 55.7 Å². The number of carboxylic acid groups (broad SMARTS) is 1. The normalized spacial score (nSPS) is 9.96. The summed E-state index contributed by atoms with van der Waals surface area (Å²) in [5.41, 5.74) is 2.87. The molecule has 0 heterocycles. The number of esters is 2. The second kappa shape index (κ2) is 19.3. The quantitative estimate of drug-likeness (QED) is 0.182. The Morgan fingerprint density at radius 2 is 1.17 bits per heavy atom. The SMILES string of the molecule is CNCc1ccc(F)c(Br)c1.COC(=O)c1cccc(C(=O)N(C)Cc2ccc(F)c(Br)c2)c1.COC(=O)c1cccc(C(=O)O)c1. The van der Waals surface area contributed by atoms with Crippen LogP contribution in [0.15, 0.2) is 93.9 Å².